The number of hydrogen-bond acceptors (Lipinski definition) is 3. The third kappa shape index (κ3) is 1.53. The van der Waals surface area contributed by atoms with Crippen LogP contribution >= 0.6 is 0 Å². The Morgan fingerprint density at radius 2 is 1.93 bits per heavy atom. The molecule has 0 amide bonds. The van der Waals surface area contributed by atoms with Crippen LogP contribution in [0.15, 0.2) is 35.1 Å². The molecule has 3 N–H and O–H groups in total. The van der Waals surface area contributed by atoms with E-state index in [1.165, 1.54) is 4.68 Å². The van der Waals surface area contributed by atoms with Crippen molar-refractivity contribution in [1.29, 1.82) is 0 Å². The molecule has 0 saturated carbocycles. The van der Waals surface area contributed by atoms with Gasteiger partial charge in [0, 0.05) is 0 Å². The Balaban J connectivity index is 2.60. The number of aliphatic hydroxyl groups excluding tert-OH is 1. The van der Waals surface area contributed by atoms with Crippen molar-refractivity contribution in [2.75, 3.05) is 0 Å². The molecule has 1 heterocycles. The molecule has 0 unspecified atom stereocenters. The molecule has 0 bridgehead atoms. The van der Waals surface area contributed by atoms with Gasteiger partial charge in [-0.1, -0.05) is 18.2 Å². The molecule has 0 fully saturated rings. The molecule has 2 aromatic rings. The van der Waals surface area contributed by atoms with E-state index in [0.717, 1.165) is 0 Å². The van der Waals surface area contributed by atoms with Crippen molar-refractivity contribution < 1.29 is 10.2 Å². The lowest BCUT2D eigenvalue weighted by Crippen LogP contribution is -2.13. The maximum absolute atomic E-state index is 11.5. The summed E-state index contributed by atoms with van der Waals surface area (Å²) in [4.78, 5) is 11.5. The van der Waals surface area contributed by atoms with Crippen LogP contribution in [0.25, 0.3) is 5.69 Å². The summed E-state index contributed by atoms with van der Waals surface area (Å²) in [5.41, 5.74) is 0.159. The third-order valence-electron chi connectivity index (χ3n) is 2.11. The number of nitrogens with one attached hydrogen (secondary N) is 1. The molecule has 2 rings (SSSR count). The number of hydrogen-bond donors (Lipinski definition) is 3. The Bertz CT molecular complexity index is 513. The van der Waals surface area contributed by atoms with Gasteiger partial charge < -0.3 is 10.2 Å². The molecule has 5 nitrogen and oxygen atoms in total. The van der Waals surface area contributed by atoms with E-state index in [1.807, 2.05) is 6.07 Å². The van der Waals surface area contributed by atoms with E-state index in [2.05, 4.69) is 5.10 Å². The highest BCUT2D eigenvalue weighted by Gasteiger charge is 2.12. The summed E-state index contributed by atoms with van der Waals surface area (Å²) in [6.45, 7) is -0.402. The summed E-state index contributed by atoms with van der Waals surface area (Å²) in [6, 6.07) is 8.82. The minimum Gasteiger partial charge on any atom is -0.502 e. The van der Waals surface area contributed by atoms with Gasteiger partial charge in [-0.25, -0.2) is 4.68 Å². The van der Waals surface area contributed by atoms with Crippen LogP contribution in [-0.2, 0) is 6.61 Å². The lowest BCUT2D eigenvalue weighted by Gasteiger charge is -1.99. The van der Waals surface area contributed by atoms with Gasteiger partial charge in [0.25, 0.3) is 0 Å². The highest BCUT2D eigenvalue weighted by molar-refractivity contribution is 5.34. The van der Waals surface area contributed by atoms with Crippen LogP contribution in [-0.4, -0.2) is 20.0 Å². The second-order valence-electron chi connectivity index (χ2n) is 3.07. The first-order valence-electron chi connectivity index (χ1n) is 4.43. The fraction of sp³-hybridized carbons (Fsp3) is 0.100. The van der Waals surface area contributed by atoms with Crippen LogP contribution in [0.2, 0.25) is 0 Å². The lowest BCUT2D eigenvalue weighted by atomic mass is 10.3. The molecule has 0 saturated heterocycles. The first kappa shape index (κ1) is 9.54. The second-order valence-corrected chi connectivity index (χ2v) is 3.07. The van der Waals surface area contributed by atoms with Gasteiger partial charge in [-0.2, -0.15) is 0 Å². The number of aromatic amines is 1. The van der Waals surface area contributed by atoms with E-state index in [-0.39, 0.29) is 5.69 Å². The standard InChI is InChI=1S/C10H10N2O3/c13-6-8-9(14)10(15)12(11-8)7-4-2-1-3-5-7/h1-5,11,13-14H,6H2. The fourth-order valence-corrected chi connectivity index (χ4v) is 1.34. The highest BCUT2D eigenvalue weighted by atomic mass is 16.3. The molecule has 1 aromatic carbocycles. The third-order valence-corrected chi connectivity index (χ3v) is 2.11. The zero-order chi connectivity index (χ0) is 10.8. The van der Waals surface area contributed by atoms with Gasteiger partial charge in [-0.3, -0.25) is 9.89 Å². The molecule has 0 atom stereocenters. The Morgan fingerprint density at radius 1 is 1.27 bits per heavy atom. The number of para-hydroxylation sites is 1. The minimum atomic E-state index is -0.565. The van der Waals surface area contributed by atoms with Crippen molar-refractivity contribution in [3.05, 3.63) is 46.4 Å². The summed E-state index contributed by atoms with van der Waals surface area (Å²) in [5.74, 6) is -0.443. The fourth-order valence-electron chi connectivity index (χ4n) is 1.34. The molecule has 15 heavy (non-hydrogen) atoms. The Labute approximate surface area is 85.2 Å². The Kier molecular flexibility index (Phi) is 2.31. The van der Waals surface area contributed by atoms with Gasteiger partial charge >= 0.3 is 5.56 Å². The minimum absolute atomic E-state index is 0.115. The van der Waals surface area contributed by atoms with Gasteiger partial charge in [0.2, 0.25) is 5.75 Å². The highest BCUT2D eigenvalue weighted by Crippen LogP contribution is 2.11. The number of aliphatic hydroxyl groups is 1. The lowest BCUT2D eigenvalue weighted by molar-refractivity contribution is 0.270. The number of nitrogens with zero attached hydrogens (tertiary/aromatic N) is 1. The summed E-state index contributed by atoms with van der Waals surface area (Å²) in [7, 11) is 0. The zero-order valence-corrected chi connectivity index (χ0v) is 7.84. The van der Waals surface area contributed by atoms with Gasteiger partial charge in [0.1, 0.15) is 5.69 Å². The summed E-state index contributed by atoms with van der Waals surface area (Å²) < 4.78 is 1.18. The van der Waals surface area contributed by atoms with Gasteiger partial charge in [0.15, 0.2) is 0 Å². The number of aromatic nitrogens is 2. The molecule has 0 spiro atoms. The SMILES string of the molecule is O=c1c(O)c(CO)[nH]n1-c1ccccc1. The van der Waals surface area contributed by atoms with Gasteiger partial charge in [-0.05, 0) is 12.1 Å². The first-order chi connectivity index (χ1) is 7.24. The van der Waals surface area contributed by atoms with E-state index in [1.54, 1.807) is 24.3 Å². The predicted molar refractivity (Wildman–Crippen MR) is 54.0 cm³/mol. The largest absolute Gasteiger partial charge is 0.502 e. The quantitative estimate of drug-likeness (QED) is 0.664. The number of benzene rings is 1. The van der Waals surface area contributed by atoms with Crippen LogP contribution in [0.1, 0.15) is 5.69 Å². The normalized spacial score (nSPS) is 10.5. The van der Waals surface area contributed by atoms with E-state index in [9.17, 15) is 9.90 Å². The average Bonchev–Trinajstić information content (AvgIpc) is 2.57. The molecular formula is C10H10N2O3. The molecule has 78 valence electrons. The van der Waals surface area contributed by atoms with Gasteiger partial charge in [0.05, 0.1) is 12.3 Å². The van der Waals surface area contributed by atoms with Crippen molar-refractivity contribution in [2.45, 2.75) is 6.61 Å². The van der Waals surface area contributed by atoms with Crippen LogP contribution in [0.3, 0.4) is 0 Å². The monoisotopic (exact) mass is 206 g/mol. The van der Waals surface area contributed by atoms with E-state index >= 15 is 0 Å². The molecule has 1 aromatic heterocycles. The number of aromatic hydroxyl groups is 1. The summed E-state index contributed by atoms with van der Waals surface area (Å²) >= 11 is 0. The van der Waals surface area contributed by atoms with Crippen molar-refractivity contribution in [3.63, 3.8) is 0 Å². The van der Waals surface area contributed by atoms with E-state index in [4.69, 9.17) is 5.11 Å². The topological polar surface area (TPSA) is 78.2 Å². The first-order valence-corrected chi connectivity index (χ1v) is 4.43. The molecule has 0 aliphatic heterocycles. The van der Waals surface area contributed by atoms with Crippen molar-refractivity contribution >= 4 is 0 Å². The maximum atomic E-state index is 11.5. The Morgan fingerprint density at radius 3 is 2.47 bits per heavy atom. The smallest absolute Gasteiger partial charge is 0.313 e. The van der Waals surface area contributed by atoms with Gasteiger partial charge in [-0.15, -0.1) is 0 Å². The van der Waals surface area contributed by atoms with Crippen LogP contribution < -0.4 is 5.56 Å². The zero-order valence-electron chi connectivity index (χ0n) is 7.84. The molecule has 0 radical (unpaired) electrons. The molecule has 0 aliphatic carbocycles. The molecule has 0 aliphatic rings. The Hall–Kier alpha value is -2.01. The summed E-state index contributed by atoms with van der Waals surface area (Å²) in [6.07, 6.45) is 0. The summed E-state index contributed by atoms with van der Waals surface area (Å²) in [5, 5.41) is 20.8. The van der Waals surface area contributed by atoms with Crippen molar-refractivity contribution in [3.8, 4) is 11.4 Å². The number of H-pyrrole nitrogens is 1. The van der Waals surface area contributed by atoms with Crippen LogP contribution in [0.4, 0.5) is 0 Å². The maximum Gasteiger partial charge on any atom is 0.313 e. The second kappa shape index (κ2) is 3.62. The van der Waals surface area contributed by atoms with E-state index < -0.39 is 17.9 Å². The predicted octanol–water partition coefficient (Wildman–Crippen LogP) is 0.363. The molecular weight excluding hydrogens is 196 g/mol. The number of rotatable bonds is 2. The van der Waals surface area contributed by atoms with Crippen molar-refractivity contribution in [2.24, 2.45) is 0 Å². The van der Waals surface area contributed by atoms with Crippen LogP contribution in [0, 0.1) is 0 Å². The van der Waals surface area contributed by atoms with Crippen LogP contribution in [0.5, 0.6) is 5.75 Å². The average molecular weight is 206 g/mol. The van der Waals surface area contributed by atoms with E-state index in [0.29, 0.717) is 5.69 Å². The van der Waals surface area contributed by atoms with Crippen molar-refractivity contribution in [1.82, 2.24) is 9.78 Å². The molecule has 5 heteroatoms.